The van der Waals surface area contributed by atoms with Gasteiger partial charge < -0.3 is 11.1 Å². The number of benzene rings is 1. The summed E-state index contributed by atoms with van der Waals surface area (Å²) in [6, 6.07) is 10.6. The van der Waals surface area contributed by atoms with Gasteiger partial charge in [-0.1, -0.05) is 62.4 Å². The van der Waals surface area contributed by atoms with Crippen LogP contribution >= 0.6 is 11.8 Å². The zero-order chi connectivity index (χ0) is 18.1. The van der Waals surface area contributed by atoms with E-state index in [0.29, 0.717) is 0 Å². The summed E-state index contributed by atoms with van der Waals surface area (Å²) < 4.78 is 0. The molecule has 1 amide bonds. The van der Waals surface area contributed by atoms with Crippen molar-refractivity contribution in [3.8, 4) is 0 Å². The predicted octanol–water partition coefficient (Wildman–Crippen LogP) is 6.41. The summed E-state index contributed by atoms with van der Waals surface area (Å²) in [5.74, 6) is 0.188. The first-order chi connectivity index (χ1) is 12.3. The average molecular weight is 373 g/mol. The van der Waals surface area contributed by atoms with Crippen LogP contribution in [0.4, 0.5) is 0 Å². The molecule has 0 spiro atoms. The van der Waals surface area contributed by atoms with Gasteiger partial charge in [0.1, 0.15) is 0 Å². The third-order valence-electron chi connectivity index (χ3n) is 4.44. The fourth-order valence-corrected chi connectivity index (χ4v) is 3.92. The Kier molecular flexibility index (Phi) is 10.1. The molecule has 1 unspecified atom stereocenters. The summed E-state index contributed by atoms with van der Waals surface area (Å²) >= 11 is 1.76. The zero-order valence-corrected chi connectivity index (χ0v) is 17.1. The molecular formula is C22H32N2OS. The van der Waals surface area contributed by atoms with Crippen LogP contribution in [-0.4, -0.2) is 17.4 Å². The van der Waals surface area contributed by atoms with Gasteiger partial charge in [0.05, 0.1) is 6.04 Å². The van der Waals surface area contributed by atoms with Crippen molar-refractivity contribution in [3.63, 3.8) is 0 Å². The topological polar surface area (TPSA) is 55.3 Å². The summed E-state index contributed by atoms with van der Waals surface area (Å²) in [5, 5.41) is 2.13. The predicted molar refractivity (Wildman–Crippen MR) is 114 cm³/mol. The van der Waals surface area contributed by atoms with Gasteiger partial charge in [0.25, 0.3) is 0 Å². The summed E-state index contributed by atoms with van der Waals surface area (Å²) in [7, 11) is 0. The largest absolute Gasteiger partial charge is 0.344 e. The average Bonchev–Trinajstić information content (AvgIpc) is 3.18. The fraction of sp³-hybridized carbons (Fsp3) is 0.409. The SMILES string of the molecule is C/C(=C\CC1=CCC=CS1)C(=O)N1CCCC1c1ccccc1.CC.N. The Hall–Kier alpha value is -1.78. The van der Waals surface area contributed by atoms with E-state index in [4.69, 9.17) is 0 Å². The molecule has 0 aliphatic carbocycles. The first-order valence-electron chi connectivity index (χ1n) is 9.29. The van der Waals surface area contributed by atoms with Gasteiger partial charge in [-0.3, -0.25) is 4.79 Å². The molecule has 1 aromatic rings. The number of rotatable bonds is 4. The van der Waals surface area contributed by atoms with Gasteiger partial charge in [0.15, 0.2) is 0 Å². The van der Waals surface area contributed by atoms with Gasteiger partial charge in [-0.25, -0.2) is 0 Å². The number of likely N-dealkylation sites (tertiary alicyclic amines) is 1. The van der Waals surface area contributed by atoms with Crippen LogP contribution < -0.4 is 6.15 Å². The third kappa shape index (κ3) is 5.89. The molecule has 0 saturated carbocycles. The van der Waals surface area contributed by atoms with Gasteiger partial charge in [0, 0.05) is 12.1 Å². The lowest BCUT2D eigenvalue weighted by Crippen LogP contribution is -2.31. The Morgan fingerprint density at radius 1 is 1.27 bits per heavy atom. The Morgan fingerprint density at radius 3 is 2.65 bits per heavy atom. The Balaban J connectivity index is 0.00000109. The second-order valence-corrected chi connectivity index (χ2v) is 7.09. The number of carbonyl (C=O) groups is 1. The molecular weight excluding hydrogens is 340 g/mol. The van der Waals surface area contributed by atoms with Crippen LogP contribution in [0.1, 0.15) is 58.1 Å². The minimum absolute atomic E-state index is 0. The lowest BCUT2D eigenvalue weighted by atomic mass is 10.0. The Morgan fingerprint density at radius 2 is 2.00 bits per heavy atom. The molecule has 3 N–H and O–H groups in total. The number of amides is 1. The number of hydrogen-bond acceptors (Lipinski definition) is 3. The summed E-state index contributed by atoms with van der Waals surface area (Å²) in [6.45, 7) is 6.82. The molecule has 2 heterocycles. The molecule has 2 aliphatic heterocycles. The van der Waals surface area contributed by atoms with E-state index in [1.807, 2.05) is 31.7 Å². The van der Waals surface area contributed by atoms with Crippen molar-refractivity contribution in [1.29, 1.82) is 0 Å². The van der Waals surface area contributed by atoms with Crippen LogP contribution in [0.15, 0.2) is 64.4 Å². The molecule has 1 atom stereocenters. The van der Waals surface area contributed by atoms with Crippen LogP contribution in [-0.2, 0) is 4.79 Å². The van der Waals surface area contributed by atoms with E-state index in [-0.39, 0.29) is 18.1 Å². The number of thioether (sulfide) groups is 1. The number of allylic oxidation sites excluding steroid dienone is 4. The van der Waals surface area contributed by atoms with Crippen LogP contribution in [0.25, 0.3) is 0 Å². The summed E-state index contributed by atoms with van der Waals surface area (Å²) in [5.41, 5.74) is 2.12. The number of carbonyl (C=O) groups excluding carboxylic acids is 1. The van der Waals surface area contributed by atoms with Crippen molar-refractivity contribution in [2.75, 3.05) is 6.54 Å². The molecule has 1 aromatic carbocycles. The molecule has 1 fully saturated rings. The summed E-state index contributed by atoms with van der Waals surface area (Å²) in [4.78, 5) is 16.2. The number of nitrogens with zero attached hydrogens (tertiary/aromatic N) is 1. The van der Waals surface area contributed by atoms with Gasteiger partial charge >= 0.3 is 0 Å². The van der Waals surface area contributed by atoms with E-state index in [0.717, 1.165) is 37.8 Å². The lowest BCUT2D eigenvalue weighted by molar-refractivity contribution is -0.128. The molecule has 2 aliphatic rings. The highest BCUT2D eigenvalue weighted by molar-refractivity contribution is 8.05. The first kappa shape index (κ1) is 22.3. The molecule has 142 valence electrons. The third-order valence-corrected chi connectivity index (χ3v) is 5.41. The zero-order valence-electron chi connectivity index (χ0n) is 16.3. The quantitative estimate of drug-likeness (QED) is 0.621. The lowest BCUT2D eigenvalue weighted by Gasteiger charge is -2.25. The van der Waals surface area contributed by atoms with E-state index in [1.165, 1.54) is 10.5 Å². The van der Waals surface area contributed by atoms with E-state index < -0.39 is 0 Å². The van der Waals surface area contributed by atoms with Crippen molar-refractivity contribution in [3.05, 3.63) is 70.0 Å². The first-order valence-corrected chi connectivity index (χ1v) is 10.2. The highest BCUT2D eigenvalue weighted by Crippen LogP contribution is 2.33. The van der Waals surface area contributed by atoms with E-state index >= 15 is 0 Å². The maximum absolute atomic E-state index is 12.8. The standard InChI is InChI=1S/C20H23NOS.C2H6.H3N/c1-16(12-13-18-10-5-6-15-23-18)20(22)21-14-7-11-19(21)17-8-3-2-4-9-17;1-2;/h2-4,6,8-10,12,15,19H,5,7,11,13-14H2,1H3;1-2H3;1H3/b16-12+;;. The van der Waals surface area contributed by atoms with Gasteiger partial charge in [-0.05, 0) is 48.5 Å². The molecule has 0 radical (unpaired) electrons. The van der Waals surface area contributed by atoms with Crippen molar-refractivity contribution in [2.24, 2.45) is 0 Å². The maximum Gasteiger partial charge on any atom is 0.249 e. The molecule has 0 bridgehead atoms. The minimum Gasteiger partial charge on any atom is -0.344 e. The number of hydrogen-bond donors (Lipinski definition) is 1. The molecule has 3 rings (SSSR count). The molecule has 26 heavy (non-hydrogen) atoms. The molecule has 0 aromatic heterocycles. The second-order valence-electron chi connectivity index (χ2n) is 6.05. The molecule has 3 nitrogen and oxygen atoms in total. The van der Waals surface area contributed by atoms with Crippen molar-refractivity contribution >= 4 is 17.7 Å². The normalized spacial score (nSPS) is 19.2. The minimum atomic E-state index is 0. The van der Waals surface area contributed by atoms with E-state index in [9.17, 15) is 4.79 Å². The van der Waals surface area contributed by atoms with Gasteiger partial charge in [-0.15, -0.1) is 11.8 Å². The smallest absolute Gasteiger partial charge is 0.249 e. The second kappa shape index (κ2) is 11.8. The monoisotopic (exact) mass is 372 g/mol. The van der Waals surface area contributed by atoms with Crippen LogP contribution in [0.2, 0.25) is 0 Å². The van der Waals surface area contributed by atoms with E-state index in [1.54, 1.807) is 11.8 Å². The fourth-order valence-electron chi connectivity index (χ4n) is 3.17. The van der Waals surface area contributed by atoms with Gasteiger partial charge in [0.2, 0.25) is 5.91 Å². The highest BCUT2D eigenvalue weighted by Gasteiger charge is 2.30. The van der Waals surface area contributed by atoms with Crippen LogP contribution in [0.5, 0.6) is 0 Å². The molecule has 4 heteroatoms. The Labute approximate surface area is 162 Å². The highest BCUT2D eigenvalue weighted by atomic mass is 32.2. The maximum atomic E-state index is 12.8. The van der Waals surface area contributed by atoms with Crippen molar-refractivity contribution in [1.82, 2.24) is 11.1 Å². The van der Waals surface area contributed by atoms with Crippen LogP contribution in [0, 0.1) is 0 Å². The van der Waals surface area contributed by atoms with Crippen molar-refractivity contribution < 1.29 is 4.79 Å². The van der Waals surface area contributed by atoms with E-state index in [2.05, 4.69) is 47.9 Å². The Bertz CT molecular complexity index is 649. The van der Waals surface area contributed by atoms with Crippen LogP contribution in [0.3, 0.4) is 0 Å². The summed E-state index contributed by atoms with van der Waals surface area (Å²) in [6.07, 6.45) is 10.5. The van der Waals surface area contributed by atoms with Gasteiger partial charge in [-0.2, -0.15) is 0 Å². The van der Waals surface area contributed by atoms with Crippen molar-refractivity contribution in [2.45, 2.75) is 52.5 Å². The molecule has 1 saturated heterocycles.